The van der Waals surface area contributed by atoms with Gasteiger partial charge in [0, 0.05) is 89.2 Å². The number of aromatic nitrogens is 2. The van der Waals surface area contributed by atoms with Gasteiger partial charge in [0.05, 0.1) is 18.3 Å². The molecule has 0 spiro atoms. The summed E-state index contributed by atoms with van der Waals surface area (Å²) in [5.74, 6) is -0.543. The predicted molar refractivity (Wildman–Crippen MR) is 518 cm³/mol. The van der Waals surface area contributed by atoms with Gasteiger partial charge < -0.3 is 4.74 Å². The number of hydrogen-bond acceptors (Lipinski definition) is 14. The van der Waals surface area contributed by atoms with E-state index >= 15 is 0 Å². The maximum Gasteiger partial charge on any atom is 0.348 e. The molecule has 1 aromatic carbocycles. The molecule has 115 heavy (non-hydrogen) atoms. The van der Waals surface area contributed by atoms with Crippen molar-refractivity contribution < 1.29 is 9.53 Å². The van der Waals surface area contributed by atoms with E-state index in [1.54, 1.807) is 28.0 Å². The van der Waals surface area contributed by atoms with Crippen LogP contribution in [0.15, 0.2) is 72.3 Å². The van der Waals surface area contributed by atoms with E-state index in [9.17, 15) is 10.1 Å². The normalized spacial score (nSPS) is 11.9. The summed E-state index contributed by atoms with van der Waals surface area (Å²) >= 11 is 17.3. The Balaban J connectivity index is 1.04. The van der Waals surface area contributed by atoms with E-state index in [2.05, 4.69) is 162 Å². The molecule has 0 saturated carbocycles. The lowest BCUT2D eigenvalue weighted by molar-refractivity contribution is -0.137. The van der Waals surface area contributed by atoms with Gasteiger partial charge in [-0.3, -0.25) is 0 Å². The van der Waals surface area contributed by atoms with Crippen LogP contribution in [0.4, 0.5) is 0 Å². The SMILES string of the molecule is CCCCCCCCc1cc(-c2sc(-c3sc(-c4ccc(-c5cc(CCCCCCCC)c(-c6cc(CCCCCCCC)c(-c7cc(CCCCCCCC)c(-c8ccc(-c9sc(C)cc9CCCCCCCC)s8)s7)s6)s5)c5nsnc45)cc3CCCCCCCC)cc2CCCCCCCC)sc1/C=C(\C#N)C(=O)OCC. The second-order valence-corrected chi connectivity index (χ2v) is 42.1. The van der Waals surface area contributed by atoms with Crippen LogP contribution < -0.4 is 0 Å². The first-order valence-electron chi connectivity index (χ1n) is 46.1. The van der Waals surface area contributed by atoms with Gasteiger partial charge in [0.2, 0.25) is 0 Å². The third-order valence-corrected chi connectivity index (χ3v) is 34.1. The zero-order chi connectivity index (χ0) is 80.8. The second kappa shape index (κ2) is 51.8. The van der Waals surface area contributed by atoms with Crippen molar-refractivity contribution in [2.75, 3.05) is 6.61 Å². The molecule has 0 bridgehead atoms. The van der Waals surface area contributed by atoms with Gasteiger partial charge in [-0.25, -0.2) is 4.79 Å². The van der Waals surface area contributed by atoms with E-state index in [1.165, 1.54) is 382 Å². The Kier molecular flexibility index (Phi) is 41.8. The van der Waals surface area contributed by atoms with Gasteiger partial charge in [-0.2, -0.15) is 14.0 Å². The first-order valence-corrected chi connectivity index (χ1v) is 53.3. The fourth-order valence-corrected chi connectivity index (χ4v) is 27.3. The fraction of sp³-hybridized carbons (Fsp3) is 0.584. The number of ether oxygens (including phenoxy) is 1. The van der Waals surface area contributed by atoms with Crippen molar-refractivity contribution >= 4 is 126 Å². The molecule has 5 nitrogen and oxygen atoms in total. The largest absolute Gasteiger partial charge is 0.462 e. The lowest BCUT2D eigenvalue weighted by atomic mass is 10.0. The van der Waals surface area contributed by atoms with Gasteiger partial charge in [-0.15, -0.1) is 90.7 Å². The minimum Gasteiger partial charge on any atom is -0.462 e. The van der Waals surface area contributed by atoms with Gasteiger partial charge in [-0.05, 0) is 203 Å². The first kappa shape index (κ1) is 92.6. The Morgan fingerprint density at radius 3 is 0.922 bits per heavy atom. The number of rotatable bonds is 60. The summed E-state index contributed by atoms with van der Waals surface area (Å²) in [6.45, 7) is 20.6. The lowest BCUT2D eigenvalue weighted by Crippen LogP contribution is -2.06. The van der Waals surface area contributed by atoms with Gasteiger partial charge in [0.15, 0.2) is 0 Å². The third kappa shape index (κ3) is 27.9. The van der Waals surface area contributed by atoms with Crippen LogP contribution in [0.3, 0.4) is 0 Å². The summed E-state index contributed by atoms with van der Waals surface area (Å²) in [5, 5.41) is 10.4. The van der Waals surface area contributed by atoms with Crippen molar-refractivity contribution in [2.45, 2.75) is 377 Å². The standard InChI is InChI=1S/C101H139N3O2S9/c1-10-18-25-32-39-46-53-74-65-89(109-86(74)71-81(72-102)101(105)106-17-8)97-79(58-51-44-37-30-23-15-6)69-90(113-97)98-76(55-48-41-34-27-20-12-3)66-87(110-98)82-60-61-83(94-93(82)103-115-104-94)88-67-77(56-49-42-35-28-21-13-4)99(111-88)91-70-80(59-52-45-38-31-24-16-7)100(114-91)92-68-78(57-50-43-36-29-22-14-5)96(112-92)85-63-62-84(108-85)95-75(64-73(9)107-95)54-47-40-33-26-19-11-2/h60-71H,10-59H2,1-9H3/b81-71+. The van der Waals surface area contributed by atoms with Crippen molar-refractivity contribution in [3.8, 4) is 85.5 Å². The van der Waals surface area contributed by atoms with E-state index in [1.807, 2.05) is 58.3 Å². The lowest BCUT2D eigenvalue weighted by Gasteiger charge is -2.04. The summed E-state index contributed by atoms with van der Waals surface area (Å²) < 4.78 is 16.0. The summed E-state index contributed by atoms with van der Waals surface area (Å²) in [7, 11) is 0. The number of thiophene rings is 8. The van der Waals surface area contributed by atoms with Crippen LogP contribution >= 0.6 is 102 Å². The molecule has 10 rings (SSSR count). The van der Waals surface area contributed by atoms with E-state index in [0.717, 1.165) is 67.3 Å². The molecular weight excluding hydrogens is 1580 g/mol. The van der Waals surface area contributed by atoms with Crippen molar-refractivity contribution in [1.29, 1.82) is 5.26 Å². The average molecular weight is 1720 g/mol. The molecule has 14 heteroatoms. The number of carbonyl (C=O) groups is 1. The van der Waals surface area contributed by atoms with E-state index in [-0.39, 0.29) is 12.2 Å². The van der Waals surface area contributed by atoms with Gasteiger partial charge in [0.1, 0.15) is 22.7 Å². The molecular formula is C101H139N3O2S9. The number of nitrogens with zero attached hydrogens (tertiary/aromatic N) is 3. The number of esters is 1. The average Bonchev–Trinajstić information content (AvgIpc) is 1.61. The summed E-state index contributed by atoms with van der Waals surface area (Å²) in [6, 6.07) is 30.0. The maximum atomic E-state index is 13.2. The molecule has 0 aliphatic carbocycles. The topological polar surface area (TPSA) is 75.9 Å². The molecule has 9 heterocycles. The molecule has 0 fully saturated rings. The zero-order valence-electron chi connectivity index (χ0n) is 72.1. The summed E-state index contributed by atoms with van der Waals surface area (Å²) in [4.78, 5) is 35.4. The number of aryl methyl sites for hydroxylation is 8. The van der Waals surface area contributed by atoms with Crippen LogP contribution in [-0.2, 0) is 54.5 Å². The fourth-order valence-electron chi connectivity index (χ4n) is 16.5. The van der Waals surface area contributed by atoms with E-state index in [4.69, 9.17) is 13.5 Å². The van der Waals surface area contributed by atoms with Crippen LogP contribution in [0.1, 0.15) is 374 Å². The Morgan fingerprint density at radius 2 is 0.591 bits per heavy atom. The number of benzene rings is 1. The maximum absolute atomic E-state index is 13.2. The molecule has 0 saturated heterocycles. The van der Waals surface area contributed by atoms with Crippen LogP contribution in [0.2, 0.25) is 0 Å². The second-order valence-electron chi connectivity index (χ2n) is 32.8. The molecule has 0 N–H and O–H groups in total. The monoisotopic (exact) mass is 1710 g/mol. The molecule has 624 valence electrons. The molecule has 0 unspecified atom stereocenters. The molecule has 10 aromatic rings. The highest BCUT2D eigenvalue weighted by molar-refractivity contribution is 7.30. The summed E-state index contributed by atoms with van der Waals surface area (Å²) in [5.41, 5.74) is 14.8. The number of unbranched alkanes of at least 4 members (excludes halogenated alkanes) is 35. The smallest absolute Gasteiger partial charge is 0.348 e. The Labute approximate surface area is 732 Å². The predicted octanol–water partition coefficient (Wildman–Crippen LogP) is 36.6. The van der Waals surface area contributed by atoms with E-state index < -0.39 is 5.97 Å². The summed E-state index contributed by atoms with van der Waals surface area (Å²) in [6.07, 6.45) is 62.9. The number of nitriles is 1. The Morgan fingerprint density at radius 1 is 0.322 bits per heavy atom. The highest BCUT2D eigenvalue weighted by Crippen LogP contribution is 2.54. The van der Waals surface area contributed by atoms with Crippen molar-refractivity contribution in [2.24, 2.45) is 0 Å². The van der Waals surface area contributed by atoms with Gasteiger partial charge >= 0.3 is 5.97 Å². The minimum absolute atomic E-state index is 0.0745. The highest BCUT2D eigenvalue weighted by Gasteiger charge is 2.27. The molecule has 9 aromatic heterocycles. The van der Waals surface area contributed by atoms with Crippen LogP contribution in [0.25, 0.3) is 96.5 Å². The molecule has 0 radical (unpaired) electrons. The third-order valence-electron chi connectivity index (χ3n) is 23.2. The van der Waals surface area contributed by atoms with Gasteiger partial charge in [-0.1, -0.05) is 285 Å². The van der Waals surface area contributed by atoms with Gasteiger partial charge in [0.25, 0.3) is 0 Å². The van der Waals surface area contributed by atoms with Crippen LogP contribution in [0.5, 0.6) is 0 Å². The van der Waals surface area contributed by atoms with Crippen molar-refractivity contribution in [1.82, 2.24) is 8.75 Å². The molecule has 0 amide bonds. The van der Waals surface area contributed by atoms with Crippen molar-refractivity contribution in [3.63, 3.8) is 0 Å². The molecule has 0 atom stereocenters. The van der Waals surface area contributed by atoms with Crippen LogP contribution in [0, 0.1) is 18.3 Å². The Hall–Kier alpha value is -4.66. The minimum atomic E-state index is -0.543. The van der Waals surface area contributed by atoms with Crippen LogP contribution in [-0.4, -0.2) is 21.3 Å². The number of carbonyl (C=O) groups excluding carboxylic acids is 1. The zero-order valence-corrected chi connectivity index (χ0v) is 79.5. The highest BCUT2D eigenvalue weighted by atomic mass is 32.1. The quantitative estimate of drug-likeness (QED) is 0.0164. The Bertz CT molecular complexity index is 4530. The van der Waals surface area contributed by atoms with E-state index in [0.29, 0.717) is 0 Å². The number of fused-ring (bicyclic) bond motifs is 1. The van der Waals surface area contributed by atoms with Crippen molar-refractivity contribution in [3.05, 3.63) is 121 Å². The molecule has 0 aliphatic heterocycles. The number of hydrogen-bond donors (Lipinski definition) is 0. The molecule has 0 aliphatic rings. The first-order chi connectivity index (χ1) is 56.5.